The maximum atomic E-state index is 9.02. The Morgan fingerprint density at radius 1 is 1.38 bits per heavy atom. The monoisotopic (exact) mass is 292 g/mol. The Bertz CT molecular complexity index is 284. The zero-order chi connectivity index (χ0) is 9.90. The molecule has 0 amide bonds. The number of rotatable bonds is 3. The van der Waals surface area contributed by atoms with Gasteiger partial charge in [0.2, 0.25) is 0 Å². The molecule has 0 bridgehead atoms. The first-order valence-corrected chi connectivity index (χ1v) is 5.17. The van der Waals surface area contributed by atoms with Crippen molar-refractivity contribution >= 4 is 22.6 Å². The molecule has 13 heavy (non-hydrogen) atoms. The molecular formula is C10H13IO2. The van der Waals surface area contributed by atoms with E-state index in [-0.39, 0.29) is 6.61 Å². The molecule has 0 aromatic heterocycles. The molecule has 0 heterocycles. The zero-order valence-corrected chi connectivity index (χ0v) is 9.91. The summed E-state index contributed by atoms with van der Waals surface area (Å²) in [5, 5.41) is 9.02. The summed E-state index contributed by atoms with van der Waals surface area (Å²) >= 11 is 2.21. The number of para-hydroxylation sites is 1. The lowest BCUT2D eigenvalue weighted by Gasteiger charge is -2.24. The Morgan fingerprint density at radius 3 is 2.54 bits per heavy atom. The predicted octanol–water partition coefficient (Wildman–Crippen LogP) is 2.44. The summed E-state index contributed by atoms with van der Waals surface area (Å²) in [6, 6.07) is 7.76. The van der Waals surface area contributed by atoms with Crippen LogP contribution in [0.2, 0.25) is 0 Å². The summed E-state index contributed by atoms with van der Waals surface area (Å²) in [7, 11) is 0. The number of benzene rings is 1. The fourth-order valence-electron chi connectivity index (χ4n) is 0.857. The molecule has 0 spiro atoms. The van der Waals surface area contributed by atoms with Crippen molar-refractivity contribution in [2.75, 3.05) is 6.61 Å². The van der Waals surface area contributed by atoms with Crippen molar-refractivity contribution in [3.05, 3.63) is 27.8 Å². The van der Waals surface area contributed by atoms with Gasteiger partial charge in [0.25, 0.3) is 0 Å². The lowest BCUT2D eigenvalue weighted by Crippen LogP contribution is -2.32. The molecule has 0 radical (unpaired) electrons. The van der Waals surface area contributed by atoms with Gasteiger partial charge in [0.1, 0.15) is 11.4 Å². The quantitative estimate of drug-likeness (QED) is 0.867. The number of ether oxygens (including phenoxy) is 1. The van der Waals surface area contributed by atoms with Crippen LogP contribution in [-0.4, -0.2) is 17.3 Å². The first-order chi connectivity index (χ1) is 6.05. The van der Waals surface area contributed by atoms with E-state index in [1.807, 2.05) is 38.1 Å². The molecule has 2 nitrogen and oxygen atoms in total. The predicted molar refractivity (Wildman–Crippen MR) is 61.0 cm³/mol. The minimum Gasteiger partial charge on any atom is -0.484 e. The molecular weight excluding hydrogens is 279 g/mol. The first-order valence-electron chi connectivity index (χ1n) is 4.09. The lowest BCUT2D eigenvalue weighted by molar-refractivity contribution is 0.0405. The van der Waals surface area contributed by atoms with Crippen LogP contribution in [0.1, 0.15) is 13.8 Å². The standard InChI is InChI=1S/C10H13IO2/c1-10(2,7-12)13-9-6-4-3-5-8(9)11/h3-6,12H,7H2,1-2H3. The minimum atomic E-state index is -0.513. The van der Waals surface area contributed by atoms with Crippen molar-refractivity contribution < 1.29 is 9.84 Å². The van der Waals surface area contributed by atoms with Crippen molar-refractivity contribution in [3.8, 4) is 5.75 Å². The summed E-state index contributed by atoms with van der Waals surface area (Å²) in [5.74, 6) is 0.821. The summed E-state index contributed by atoms with van der Waals surface area (Å²) < 4.78 is 6.68. The fourth-order valence-corrected chi connectivity index (χ4v) is 1.35. The van der Waals surface area contributed by atoms with Gasteiger partial charge in [-0.15, -0.1) is 0 Å². The molecule has 0 aliphatic heterocycles. The molecule has 3 heteroatoms. The normalized spacial score (nSPS) is 11.4. The second-order valence-corrected chi connectivity index (χ2v) is 4.61. The number of aliphatic hydroxyl groups excluding tert-OH is 1. The van der Waals surface area contributed by atoms with Gasteiger partial charge in [0, 0.05) is 0 Å². The highest BCUT2D eigenvalue weighted by molar-refractivity contribution is 14.1. The van der Waals surface area contributed by atoms with Crippen LogP contribution in [0.4, 0.5) is 0 Å². The van der Waals surface area contributed by atoms with Crippen molar-refractivity contribution in [3.63, 3.8) is 0 Å². The van der Waals surface area contributed by atoms with E-state index in [2.05, 4.69) is 22.6 Å². The summed E-state index contributed by atoms with van der Waals surface area (Å²) in [5.41, 5.74) is -0.513. The third kappa shape index (κ3) is 3.15. The topological polar surface area (TPSA) is 29.5 Å². The van der Waals surface area contributed by atoms with Crippen LogP contribution in [0.5, 0.6) is 5.75 Å². The third-order valence-corrected chi connectivity index (χ3v) is 2.49. The van der Waals surface area contributed by atoms with Gasteiger partial charge in [-0.05, 0) is 48.6 Å². The Labute approximate surface area is 92.1 Å². The molecule has 0 fully saturated rings. The van der Waals surface area contributed by atoms with Gasteiger partial charge in [-0.25, -0.2) is 0 Å². The molecule has 0 saturated carbocycles. The van der Waals surface area contributed by atoms with E-state index in [0.29, 0.717) is 0 Å². The largest absolute Gasteiger partial charge is 0.484 e. The Hall–Kier alpha value is -0.290. The molecule has 1 aromatic carbocycles. The van der Waals surface area contributed by atoms with Crippen LogP contribution in [0.25, 0.3) is 0 Å². The average molecular weight is 292 g/mol. The highest BCUT2D eigenvalue weighted by atomic mass is 127. The second-order valence-electron chi connectivity index (χ2n) is 3.45. The molecule has 0 aliphatic carbocycles. The smallest absolute Gasteiger partial charge is 0.133 e. The molecule has 0 unspecified atom stereocenters. The number of hydrogen-bond acceptors (Lipinski definition) is 2. The van der Waals surface area contributed by atoms with Crippen LogP contribution in [0.3, 0.4) is 0 Å². The van der Waals surface area contributed by atoms with E-state index < -0.39 is 5.60 Å². The summed E-state index contributed by atoms with van der Waals surface area (Å²) in [6.07, 6.45) is 0. The lowest BCUT2D eigenvalue weighted by atomic mass is 10.1. The van der Waals surface area contributed by atoms with Crippen molar-refractivity contribution in [2.24, 2.45) is 0 Å². The van der Waals surface area contributed by atoms with E-state index in [1.54, 1.807) is 0 Å². The van der Waals surface area contributed by atoms with Crippen LogP contribution < -0.4 is 4.74 Å². The maximum Gasteiger partial charge on any atom is 0.133 e. The van der Waals surface area contributed by atoms with E-state index in [4.69, 9.17) is 9.84 Å². The van der Waals surface area contributed by atoms with Crippen molar-refractivity contribution in [1.82, 2.24) is 0 Å². The van der Waals surface area contributed by atoms with Crippen LogP contribution in [-0.2, 0) is 0 Å². The van der Waals surface area contributed by atoms with E-state index in [1.165, 1.54) is 0 Å². The van der Waals surface area contributed by atoms with Gasteiger partial charge in [-0.2, -0.15) is 0 Å². The van der Waals surface area contributed by atoms with Crippen molar-refractivity contribution in [2.45, 2.75) is 19.4 Å². The second kappa shape index (κ2) is 4.28. The molecule has 1 rings (SSSR count). The average Bonchev–Trinajstić information content (AvgIpc) is 2.09. The molecule has 1 aromatic rings. The van der Waals surface area contributed by atoms with Crippen LogP contribution in [0.15, 0.2) is 24.3 Å². The van der Waals surface area contributed by atoms with Gasteiger partial charge < -0.3 is 9.84 Å². The third-order valence-electron chi connectivity index (χ3n) is 1.60. The van der Waals surface area contributed by atoms with Crippen molar-refractivity contribution in [1.29, 1.82) is 0 Å². The molecule has 0 saturated heterocycles. The number of halogens is 1. The summed E-state index contributed by atoms with van der Waals surface area (Å²) in [4.78, 5) is 0. The van der Waals surface area contributed by atoms with Gasteiger partial charge in [-0.1, -0.05) is 12.1 Å². The highest BCUT2D eigenvalue weighted by Crippen LogP contribution is 2.23. The fraction of sp³-hybridized carbons (Fsp3) is 0.400. The minimum absolute atomic E-state index is 0.0119. The number of aliphatic hydroxyl groups is 1. The molecule has 72 valence electrons. The van der Waals surface area contributed by atoms with Gasteiger partial charge in [0.15, 0.2) is 0 Å². The zero-order valence-electron chi connectivity index (χ0n) is 7.75. The van der Waals surface area contributed by atoms with Gasteiger partial charge in [0.05, 0.1) is 10.2 Å². The number of hydrogen-bond donors (Lipinski definition) is 1. The summed E-state index contributed by atoms with van der Waals surface area (Å²) in [6.45, 7) is 3.73. The molecule has 0 atom stereocenters. The maximum absolute atomic E-state index is 9.02. The van der Waals surface area contributed by atoms with E-state index >= 15 is 0 Å². The molecule has 0 aliphatic rings. The van der Waals surface area contributed by atoms with E-state index in [9.17, 15) is 0 Å². The SMILES string of the molecule is CC(C)(CO)Oc1ccccc1I. The van der Waals surface area contributed by atoms with Crippen LogP contribution >= 0.6 is 22.6 Å². The van der Waals surface area contributed by atoms with E-state index in [0.717, 1.165) is 9.32 Å². The highest BCUT2D eigenvalue weighted by Gasteiger charge is 2.18. The Kier molecular flexibility index (Phi) is 3.55. The van der Waals surface area contributed by atoms with Gasteiger partial charge in [-0.3, -0.25) is 0 Å². The van der Waals surface area contributed by atoms with Gasteiger partial charge >= 0.3 is 0 Å². The van der Waals surface area contributed by atoms with Crippen LogP contribution in [0, 0.1) is 3.57 Å². The Morgan fingerprint density at radius 2 is 2.00 bits per heavy atom. The molecule has 1 N–H and O–H groups in total. The first kappa shape index (κ1) is 10.8. The Balaban J connectivity index is 2.80.